The van der Waals surface area contributed by atoms with Crippen molar-refractivity contribution in [2.45, 2.75) is 26.9 Å². The standard InChI is InChI=1S/C20H23NO2S/c1-5-15-8-10-19(14(3)11-15)23-13-17-12-16(6-2)7-9-18(17)21-20(22)24-4/h6-12H,2,5,13H2,1,3-4H3,(H,21,22). The van der Waals surface area contributed by atoms with Gasteiger partial charge in [0.2, 0.25) is 0 Å². The maximum atomic E-state index is 11.7. The smallest absolute Gasteiger partial charge is 0.283 e. The third-order valence-electron chi connectivity index (χ3n) is 3.82. The van der Waals surface area contributed by atoms with Gasteiger partial charge in [-0.15, -0.1) is 0 Å². The van der Waals surface area contributed by atoms with Crippen LogP contribution in [0.15, 0.2) is 43.0 Å². The molecule has 24 heavy (non-hydrogen) atoms. The first-order valence-electron chi connectivity index (χ1n) is 7.90. The molecule has 1 amide bonds. The summed E-state index contributed by atoms with van der Waals surface area (Å²) in [6, 6.07) is 12.0. The van der Waals surface area contributed by atoms with Gasteiger partial charge in [0, 0.05) is 11.3 Å². The van der Waals surface area contributed by atoms with E-state index in [0.717, 1.165) is 46.3 Å². The van der Waals surface area contributed by atoms with Crippen LogP contribution in [0.5, 0.6) is 5.75 Å². The lowest BCUT2D eigenvalue weighted by Crippen LogP contribution is -2.08. The molecule has 0 radical (unpaired) electrons. The van der Waals surface area contributed by atoms with Gasteiger partial charge < -0.3 is 10.1 Å². The maximum Gasteiger partial charge on any atom is 0.283 e. The van der Waals surface area contributed by atoms with Crippen molar-refractivity contribution in [1.82, 2.24) is 0 Å². The Labute approximate surface area is 148 Å². The normalized spacial score (nSPS) is 10.3. The number of nitrogens with one attached hydrogen (secondary N) is 1. The highest BCUT2D eigenvalue weighted by molar-refractivity contribution is 8.13. The molecular weight excluding hydrogens is 318 g/mol. The van der Waals surface area contributed by atoms with E-state index >= 15 is 0 Å². The van der Waals surface area contributed by atoms with Crippen molar-refractivity contribution < 1.29 is 9.53 Å². The van der Waals surface area contributed by atoms with Crippen molar-refractivity contribution in [3.63, 3.8) is 0 Å². The van der Waals surface area contributed by atoms with Gasteiger partial charge in [-0.05, 0) is 54.5 Å². The number of ether oxygens (including phenoxy) is 1. The Morgan fingerprint density at radius 3 is 2.71 bits per heavy atom. The van der Waals surface area contributed by atoms with Gasteiger partial charge in [-0.25, -0.2) is 0 Å². The molecule has 0 aliphatic carbocycles. The quantitative estimate of drug-likeness (QED) is 0.735. The summed E-state index contributed by atoms with van der Waals surface area (Å²) in [5.74, 6) is 0.860. The number of aryl methyl sites for hydroxylation is 2. The van der Waals surface area contributed by atoms with E-state index in [1.54, 1.807) is 12.3 Å². The van der Waals surface area contributed by atoms with Crippen molar-refractivity contribution in [3.05, 3.63) is 65.2 Å². The Hall–Kier alpha value is -2.20. The monoisotopic (exact) mass is 341 g/mol. The fraction of sp³-hybridized carbons (Fsp3) is 0.250. The molecule has 0 aromatic heterocycles. The predicted molar refractivity (Wildman–Crippen MR) is 104 cm³/mol. The van der Waals surface area contributed by atoms with Gasteiger partial charge >= 0.3 is 0 Å². The van der Waals surface area contributed by atoms with Gasteiger partial charge in [-0.1, -0.05) is 49.5 Å². The van der Waals surface area contributed by atoms with E-state index in [9.17, 15) is 4.79 Å². The van der Waals surface area contributed by atoms with Crippen LogP contribution in [0.25, 0.3) is 6.08 Å². The zero-order valence-corrected chi connectivity index (χ0v) is 15.2. The summed E-state index contributed by atoms with van der Waals surface area (Å²) in [5.41, 5.74) is 5.09. The molecule has 4 heteroatoms. The summed E-state index contributed by atoms with van der Waals surface area (Å²) in [5, 5.41) is 2.80. The average Bonchev–Trinajstić information content (AvgIpc) is 2.61. The fourth-order valence-corrected chi connectivity index (χ4v) is 2.60. The molecule has 3 nitrogen and oxygen atoms in total. The second-order valence-corrected chi connectivity index (χ2v) is 6.26. The van der Waals surface area contributed by atoms with E-state index in [1.165, 1.54) is 5.56 Å². The third kappa shape index (κ3) is 4.65. The van der Waals surface area contributed by atoms with Crippen molar-refractivity contribution in [3.8, 4) is 5.75 Å². The van der Waals surface area contributed by atoms with E-state index in [1.807, 2.05) is 31.2 Å². The molecule has 0 heterocycles. The number of hydrogen-bond donors (Lipinski definition) is 1. The lowest BCUT2D eigenvalue weighted by Gasteiger charge is -2.14. The number of hydrogen-bond acceptors (Lipinski definition) is 3. The van der Waals surface area contributed by atoms with E-state index in [2.05, 4.69) is 31.0 Å². The van der Waals surface area contributed by atoms with E-state index in [4.69, 9.17) is 4.74 Å². The molecule has 0 fully saturated rings. The summed E-state index contributed by atoms with van der Waals surface area (Å²) in [6.07, 6.45) is 4.54. The lowest BCUT2D eigenvalue weighted by atomic mass is 10.1. The summed E-state index contributed by atoms with van der Waals surface area (Å²) >= 11 is 1.15. The Kier molecular flexibility index (Phi) is 6.50. The minimum atomic E-state index is -0.0916. The largest absolute Gasteiger partial charge is 0.489 e. The SMILES string of the molecule is C=Cc1ccc(NC(=O)SC)c(COc2ccc(CC)cc2C)c1. The number of benzene rings is 2. The highest BCUT2D eigenvalue weighted by Crippen LogP contribution is 2.24. The predicted octanol–water partition coefficient (Wildman–Crippen LogP) is 5.67. The van der Waals surface area contributed by atoms with Gasteiger partial charge in [0.05, 0.1) is 0 Å². The van der Waals surface area contributed by atoms with Crippen LogP contribution in [-0.2, 0) is 13.0 Å². The molecule has 0 aliphatic heterocycles. The maximum absolute atomic E-state index is 11.7. The van der Waals surface area contributed by atoms with Crippen LogP contribution in [0, 0.1) is 6.92 Å². The van der Waals surface area contributed by atoms with Crippen LogP contribution in [0.4, 0.5) is 10.5 Å². The number of rotatable bonds is 6. The molecule has 0 saturated heterocycles. The summed E-state index contributed by atoms with van der Waals surface area (Å²) < 4.78 is 5.99. The summed E-state index contributed by atoms with van der Waals surface area (Å²) in [4.78, 5) is 11.7. The first-order valence-corrected chi connectivity index (χ1v) is 9.12. The van der Waals surface area contributed by atoms with Crippen LogP contribution < -0.4 is 10.1 Å². The van der Waals surface area contributed by atoms with Crippen molar-refractivity contribution in [2.24, 2.45) is 0 Å². The number of carbonyl (C=O) groups excluding carboxylic acids is 1. The zero-order valence-electron chi connectivity index (χ0n) is 14.4. The number of anilines is 1. The average molecular weight is 341 g/mol. The second-order valence-electron chi connectivity index (χ2n) is 5.48. The van der Waals surface area contributed by atoms with E-state index in [-0.39, 0.29) is 5.24 Å². The Morgan fingerprint density at radius 1 is 1.29 bits per heavy atom. The van der Waals surface area contributed by atoms with Crippen molar-refractivity contribution in [2.75, 3.05) is 11.6 Å². The summed E-state index contributed by atoms with van der Waals surface area (Å²) in [6.45, 7) is 8.37. The van der Waals surface area contributed by atoms with Gasteiger partial charge in [-0.2, -0.15) is 0 Å². The third-order valence-corrected chi connectivity index (χ3v) is 4.29. The Morgan fingerprint density at radius 2 is 2.08 bits per heavy atom. The molecule has 2 rings (SSSR count). The highest BCUT2D eigenvalue weighted by Gasteiger charge is 2.09. The van der Waals surface area contributed by atoms with Crippen LogP contribution in [0.2, 0.25) is 0 Å². The Bertz CT molecular complexity index is 740. The minimum Gasteiger partial charge on any atom is -0.489 e. The molecule has 126 valence electrons. The van der Waals surface area contributed by atoms with Crippen LogP contribution in [0.1, 0.15) is 29.2 Å². The second kappa shape index (κ2) is 8.60. The van der Waals surface area contributed by atoms with Crippen LogP contribution >= 0.6 is 11.8 Å². The van der Waals surface area contributed by atoms with E-state index < -0.39 is 0 Å². The minimum absolute atomic E-state index is 0.0916. The number of amides is 1. The van der Waals surface area contributed by atoms with E-state index in [0.29, 0.717) is 6.61 Å². The van der Waals surface area contributed by atoms with Gasteiger partial charge in [-0.3, -0.25) is 4.79 Å². The fourth-order valence-electron chi connectivity index (χ4n) is 2.39. The molecule has 0 bridgehead atoms. The molecular formula is C20H23NO2S. The molecule has 1 N–H and O–H groups in total. The molecule has 0 unspecified atom stereocenters. The first-order chi connectivity index (χ1) is 11.6. The first kappa shape index (κ1) is 18.1. The van der Waals surface area contributed by atoms with Crippen LogP contribution in [0.3, 0.4) is 0 Å². The molecule has 2 aromatic rings. The molecule has 0 spiro atoms. The summed E-state index contributed by atoms with van der Waals surface area (Å²) in [7, 11) is 0. The Balaban J connectivity index is 2.21. The molecule has 0 saturated carbocycles. The van der Waals surface area contributed by atoms with Crippen molar-refractivity contribution in [1.29, 1.82) is 0 Å². The lowest BCUT2D eigenvalue weighted by molar-refractivity contribution is 0.269. The molecule has 2 aromatic carbocycles. The molecule has 0 atom stereocenters. The molecule has 0 aliphatic rings. The van der Waals surface area contributed by atoms with Crippen LogP contribution in [-0.4, -0.2) is 11.5 Å². The van der Waals surface area contributed by atoms with Gasteiger partial charge in [0.1, 0.15) is 12.4 Å². The van der Waals surface area contributed by atoms with Crippen molar-refractivity contribution >= 4 is 28.8 Å². The number of carbonyl (C=O) groups is 1. The zero-order chi connectivity index (χ0) is 17.5. The van der Waals surface area contributed by atoms with Gasteiger partial charge in [0.25, 0.3) is 5.24 Å². The topological polar surface area (TPSA) is 38.3 Å². The highest BCUT2D eigenvalue weighted by atomic mass is 32.2. The number of thioether (sulfide) groups is 1. The van der Waals surface area contributed by atoms with Gasteiger partial charge in [0.15, 0.2) is 0 Å².